The van der Waals surface area contributed by atoms with E-state index in [0.29, 0.717) is 4.90 Å². The maximum atomic E-state index is 12.9. The van der Waals surface area contributed by atoms with Gasteiger partial charge in [-0.15, -0.1) is 11.8 Å². The minimum Gasteiger partial charge on any atom is -0.302 e. The lowest BCUT2D eigenvalue weighted by Crippen LogP contribution is -1.96. The van der Waals surface area contributed by atoms with Crippen LogP contribution in [-0.4, -0.2) is 11.5 Å². The molecule has 1 atom stereocenters. The van der Waals surface area contributed by atoms with E-state index < -0.39 is 0 Å². The minimum absolute atomic E-state index is 0.193. The van der Waals surface area contributed by atoms with E-state index in [1.807, 2.05) is 0 Å². The first-order valence-electron chi connectivity index (χ1n) is 3.60. The van der Waals surface area contributed by atoms with Crippen LogP contribution in [0.25, 0.3) is 0 Å². The molecular weight excluding hydrogens is 175 g/mol. The molecule has 0 aliphatic rings. The Bertz CT molecular complexity index is 275. The molecule has 3 heteroatoms. The molecule has 1 aromatic rings. The second kappa shape index (κ2) is 4.26. The first-order chi connectivity index (χ1) is 5.74. The quantitative estimate of drug-likeness (QED) is 0.530. The molecule has 0 aliphatic carbocycles. The highest BCUT2D eigenvalue weighted by atomic mass is 32.2. The Hall–Kier alpha value is -0.830. The molecule has 0 bridgehead atoms. The van der Waals surface area contributed by atoms with Crippen molar-refractivity contribution in [3.8, 4) is 0 Å². The summed E-state index contributed by atoms with van der Waals surface area (Å²) in [6.45, 7) is 1.74. The average molecular weight is 184 g/mol. The second-order valence-corrected chi connectivity index (χ2v) is 3.81. The van der Waals surface area contributed by atoms with Crippen molar-refractivity contribution in [3.05, 3.63) is 30.1 Å². The first-order valence-corrected chi connectivity index (χ1v) is 4.48. The average Bonchev–Trinajstić information content (AvgIpc) is 2.09. The normalized spacial score (nSPS) is 12.5. The van der Waals surface area contributed by atoms with Crippen LogP contribution in [0.4, 0.5) is 4.39 Å². The zero-order valence-electron chi connectivity index (χ0n) is 6.66. The zero-order chi connectivity index (χ0) is 8.97. The molecule has 1 nitrogen and oxygen atoms in total. The molecule has 0 saturated heterocycles. The van der Waals surface area contributed by atoms with Gasteiger partial charge in [-0.3, -0.25) is 0 Å². The fraction of sp³-hybridized carbons (Fsp3) is 0.222. The van der Waals surface area contributed by atoms with Gasteiger partial charge in [-0.05, 0) is 19.1 Å². The molecular formula is C9H9FOS. The summed E-state index contributed by atoms with van der Waals surface area (Å²) in [5, 5.41) is -0.193. The molecule has 0 fully saturated rings. The van der Waals surface area contributed by atoms with Gasteiger partial charge in [0.05, 0.1) is 5.25 Å². The number of thioether (sulfide) groups is 1. The standard InChI is InChI=1S/C9H9FOS/c1-7(6-11)12-9-5-3-2-4-8(9)10/h2-7H,1H3. The van der Waals surface area contributed by atoms with Crippen LogP contribution < -0.4 is 0 Å². The lowest BCUT2D eigenvalue weighted by atomic mass is 10.3. The number of hydrogen-bond acceptors (Lipinski definition) is 2. The predicted octanol–water partition coefficient (Wildman–Crippen LogP) is 2.51. The summed E-state index contributed by atoms with van der Waals surface area (Å²) in [6, 6.07) is 6.44. The van der Waals surface area contributed by atoms with Crippen molar-refractivity contribution in [2.24, 2.45) is 0 Å². The highest BCUT2D eigenvalue weighted by Gasteiger charge is 2.05. The third-order valence-corrected chi connectivity index (χ3v) is 2.41. The fourth-order valence-electron chi connectivity index (χ4n) is 0.768. The Morgan fingerprint density at radius 1 is 1.50 bits per heavy atom. The molecule has 64 valence electrons. The van der Waals surface area contributed by atoms with E-state index in [0.717, 1.165) is 6.29 Å². The molecule has 0 aromatic heterocycles. The third kappa shape index (κ3) is 2.34. The molecule has 0 amide bonds. The van der Waals surface area contributed by atoms with Crippen molar-refractivity contribution in [1.29, 1.82) is 0 Å². The number of benzene rings is 1. The van der Waals surface area contributed by atoms with Crippen LogP contribution >= 0.6 is 11.8 Å². The summed E-state index contributed by atoms with van der Waals surface area (Å²) in [5.41, 5.74) is 0. The summed E-state index contributed by atoms with van der Waals surface area (Å²) in [6.07, 6.45) is 0.803. The molecule has 1 rings (SSSR count). The van der Waals surface area contributed by atoms with Crippen LogP contribution in [0.5, 0.6) is 0 Å². The number of halogens is 1. The maximum Gasteiger partial charge on any atom is 0.136 e. The molecule has 0 aliphatic heterocycles. The molecule has 0 radical (unpaired) electrons. The van der Waals surface area contributed by atoms with Crippen LogP contribution in [0.3, 0.4) is 0 Å². The molecule has 0 heterocycles. The molecule has 0 saturated carbocycles. The van der Waals surface area contributed by atoms with Gasteiger partial charge in [0.1, 0.15) is 12.1 Å². The van der Waals surface area contributed by atoms with Gasteiger partial charge in [0, 0.05) is 4.90 Å². The van der Waals surface area contributed by atoms with E-state index in [9.17, 15) is 9.18 Å². The van der Waals surface area contributed by atoms with Gasteiger partial charge in [0.15, 0.2) is 0 Å². The Kier molecular flexibility index (Phi) is 3.29. The monoisotopic (exact) mass is 184 g/mol. The van der Waals surface area contributed by atoms with E-state index >= 15 is 0 Å². The van der Waals surface area contributed by atoms with Crippen molar-refractivity contribution >= 4 is 18.0 Å². The summed E-state index contributed by atoms with van der Waals surface area (Å²) in [7, 11) is 0. The van der Waals surface area contributed by atoms with Crippen molar-refractivity contribution in [3.63, 3.8) is 0 Å². The smallest absolute Gasteiger partial charge is 0.136 e. The van der Waals surface area contributed by atoms with Crippen LogP contribution in [0, 0.1) is 5.82 Å². The molecule has 1 unspecified atom stereocenters. The zero-order valence-corrected chi connectivity index (χ0v) is 7.48. The Balaban J connectivity index is 2.75. The van der Waals surface area contributed by atoms with Gasteiger partial charge >= 0.3 is 0 Å². The number of carbonyl (C=O) groups is 1. The van der Waals surface area contributed by atoms with Gasteiger partial charge in [-0.1, -0.05) is 12.1 Å². The molecule has 0 N–H and O–H groups in total. The minimum atomic E-state index is -0.267. The largest absolute Gasteiger partial charge is 0.302 e. The topological polar surface area (TPSA) is 17.1 Å². The van der Waals surface area contributed by atoms with E-state index in [-0.39, 0.29) is 11.1 Å². The summed E-state index contributed by atoms with van der Waals surface area (Å²) in [4.78, 5) is 10.8. The van der Waals surface area contributed by atoms with E-state index in [4.69, 9.17) is 0 Å². The third-order valence-electron chi connectivity index (χ3n) is 1.34. The van der Waals surface area contributed by atoms with Crippen LogP contribution in [-0.2, 0) is 4.79 Å². The van der Waals surface area contributed by atoms with E-state index in [2.05, 4.69) is 0 Å². The molecule has 1 aromatic carbocycles. The lowest BCUT2D eigenvalue weighted by Gasteiger charge is -2.03. The first kappa shape index (κ1) is 9.26. The number of hydrogen-bond donors (Lipinski definition) is 0. The van der Waals surface area contributed by atoms with Gasteiger partial charge in [0.2, 0.25) is 0 Å². The number of carbonyl (C=O) groups excluding carboxylic acids is 1. The second-order valence-electron chi connectivity index (χ2n) is 2.39. The fourth-order valence-corrected chi connectivity index (χ4v) is 1.56. The molecule has 12 heavy (non-hydrogen) atoms. The number of rotatable bonds is 3. The van der Waals surface area contributed by atoms with Gasteiger partial charge < -0.3 is 4.79 Å². The Morgan fingerprint density at radius 3 is 2.75 bits per heavy atom. The SMILES string of the molecule is CC(C=O)Sc1ccccc1F. The van der Waals surface area contributed by atoms with Crippen molar-refractivity contribution in [1.82, 2.24) is 0 Å². The van der Waals surface area contributed by atoms with Crippen LogP contribution in [0.1, 0.15) is 6.92 Å². The van der Waals surface area contributed by atoms with Crippen LogP contribution in [0.2, 0.25) is 0 Å². The van der Waals surface area contributed by atoms with E-state index in [1.54, 1.807) is 25.1 Å². The van der Waals surface area contributed by atoms with Gasteiger partial charge in [-0.2, -0.15) is 0 Å². The van der Waals surface area contributed by atoms with Gasteiger partial charge in [0.25, 0.3) is 0 Å². The maximum absolute atomic E-state index is 12.9. The predicted molar refractivity (Wildman–Crippen MR) is 47.8 cm³/mol. The highest BCUT2D eigenvalue weighted by Crippen LogP contribution is 2.24. The number of aldehydes is 1. The summed E-state index contributed by atoms with van der Waals surface area (Å²) in [5.74, 6) is -0.267. The Labute approximate surface area is 75.0 Å². The lowest BCUT2D eigenvalue weighted by molar-refractivity contribution is -0.107. The van der Waals surface area contributed by atoms with E-state index in [1.165, 1.54) is 17.8 Å². The summed E-state index contributed by atoms with van der Waals surface area (Å²) >= 11 is 1.23. The van der Waals surface area contributed by atoms with Crippen molar-refractivity contribution < 1.29 is 9.18 Å². The van der Waals surface area contributed by atoms with Crippen molar-refractivity contribution in [2.75, 3.05) is 0 Å². The Morgan fingerprint density at radius 2 is 2.17 bits per heavy atom. The van der Waals surface area contributed by atoms with Crippen LogP contribution in [0.15, 0.2) is 29.2 Å². The summed E-state index contributed by atoms with van der Waals surface area (Å²) < 4.78 is 12.9. The molecule has 0 spiro atoms. The van der Waals surface area contributed by atoms with Crippen molar-refractivity contribution in [2.45, 2.75) is 17.1 Å². The highest BCUT2D eigenvalue weighted by molar-refractivity contribution is 8.00. The van der Waals surface area contributed by atoms with Gasteiger partial charge in [-0.25, -0.2) is 4.39 Å².